The third kappa shape index (κ3) is 2.84. The Kier molecular flexibility index (Phi) is 3.68. The molecule has 0 radical (unpaired) electrons. The third-order valence-electron chi connectivity index (χ3n) is 3.25. The largest absolute Gasteiger partial charge is 0.356 e. The lowest BCUT2D eigenvalue weighted by atomic mass is 10.3. The first-order valence-electron chi connectivity index (χ1n) is 6.94. The lowest BCUT2D eigenvalue weighted by molar-refractivity contribution is -0.114. The van der Waals surface area contributed by atoms with E-state index in [9.17, 15) is 14.4 Å². The first kappa shape index (κ1) is 14.6. The average Bonchev–Trinajstić information content (AvgIpc) is 2.83. The number of hydrogen-bond acceptors (Lipinski definition) is 3. The fraction of sp³-hybridized carbons (Fsp3) is 0.0625. The van der Waals surface area contributed by atoms with Crippen LogP contribution in [0.4, 0.5) is 5.69 Å². The summed E-state index contributed by atoms with van der Waals surface area (Å²) in [6.45, 7) is 1.41. The van der Waals surface area contributed by atoms with Crippen LogP contribution >= 0.6 is 0 Å². The van der Waals surface area contributed by atoms with E-state index in [1.165, 1.54) is 11.6 Å². The van der Waals surface area contributed by atoms with E-state index in [2.05, 4.69) is 10.4 Å². The Bertz CT molecular complexity index is 949. The molecule has 1 heterocycles. The number of hydrogen-bond donors (Lipinski definition) is 2. The van der Waals surface area contributed by atoms with Gasteiger partial charge in [0.05, 0.1) is 11.4 Å². The van der Waals surface area contributed by atoms with Crippen LogP contribution in [-0.2, 0) is 4.79 Å². The molecule has 0 aliphatic heterocycles. The van der Waals surface area contributed by atoms with Crippen LogP contribution < -0.4 is 16.7 Å². The summed E-state index contributed by atoms with van der Waals surface area (Å²) in [7, 11) is 0. The van der Waals surface area contributed by atoms with Gasteiger partial charge in [-0.3, -0.25) is 4.79 Å². The van der Waals surface area contributed by atoms with Crippen molar-refractivity contribution in [3.8, 4) is 11.4 Å². The molecule has 0 saturated heterocycles. The summed E-state index contributed by atoms with van der Waals surface area (Å²) in [5.41, 5.74) is 0.552. The second kappa shape index (κ2) is 5.80. The molecule has 1 aromatic heterocycles. The van der Waals surface area contributed by atoms with Gasteiger partial charge in [-0.05, 0) is 36.4 Å². The van der Waals surface area contributed by atoms with Gasteiger partial charge in [-0.15, -0.1) is 0 Å². The van der Waals surface area contributed by atoms with Gasteiger partial charge in [0.1, 0.15) is 0 Å². The highest BCUT2D eigenvalue weighted by Crippen LogP contribution is 2.11. The highest BCUT2D eigenvalue weighted by atomic mass is 16.2. The van der Waals surface area contributed by atoms with Crippen molar-refractivity contribution in [2.24, 2.45) is 0 Å². The number of para-hydroxylation sites is 1. The zero-order chi connectivity index (χ0) is 16.4. The van der Waals surface area contributed by atoms with Crippen molar-refractivity contribution in [3.63, 3.8) is 0 Å². The highest BCUT2D eigenvalue weighted by Gasteiger charge is 2.12. The fourth-order valence-corrected chi connectivity index (χ4v) is 2.26. The van der Waals surface area contributed by atoms with E-state index in [0.29, 0.717) is 17.1 Å². The van der Waals surface area contributed by atoms with Gasteiger partial charge in [-0.1, -0.05) is 18.2 Å². The Morgan fingerprint density at radius 3 is 2.22 bits per heavy atom. The predicted octanol–water partition coefficient (Wildman–Crippen LogP) is 1.27. The van der Waals surface area contributed by atoms with Crippen LogP contribution in [0.2, 0.25) is 0 Å². The number of carbonyl (C=O) groups excluding carboxylic acids is 1. The summed E-state index contributed by atoms with van der Waals surface area (Å²) in [4.78, 5) is 35.6. The van der Waals surface area contributed by atoms with Gasteiger partial charge >= 0.3 is 11.4 Å². The molecule has 0 fully saturated rings. The zero-order valence-corrected chi connectivity index (χ0v) is 12.3. The molecule has 0 atom stereocenters. The maximum absolute atomic E-state index is 12.5. The summed E-state index contributed by atoms with van der Waals surface area (Å²) in [6, 6.07) is 15.3. The number of H-pyrrole nitrogens is 1. The van der Waals surface area contributed by atoms with Gasteiger partial charge in [0, 0.05) is 12.6 Å². The van der Waals surface area contributed by atoms with Crippen molar-refractivity contribution in [1.82, 2.24) is 14.3 Å². The molecule has 0 aliphatic carbocycles. The molecule has 2 N–H and O–H groups in total. The minimum Gasteiger partial charge on any atom is -0.326 e. The molecule has 3 rings (SSSR count). The number of rotatable bonds is 3. The van der Waals surface area contributed by atoms with E-state index >= 15 is 0 Å². The average molecular weight is 310 g/mol. The van der Waals surface area contributed by atoms with Crippen molar-refractivity contribution >= 4 is 11.6 Å². The van der Waals surface area contributed by atoms with Gasteiger partial charge in [0.2, 0.25) is 5.91 Å². The SMILES string of the molecule is CC(=O)Nc1ccc(-n2c(=O)[nH]n(-c3ccccc3)c2=O)cc1. The van der Waals surface area contributed by atoms with Crippen molar-refractivity contribution in [1.29, 1.82) is 0 Å². The second-order valence-corrected chi connectivity index (χ2v) is 4.93. The van der Waals surface area contributed by atoms with Crippen molar-refractivity contribution in [2.45, 2.75) is 6.92 Å². The summed E-state index contributed by atoms with van der Waals surface area (Å²) in [5, 5.41) is 5.14. The lowest BCUT2D eigenvalue weighted by Crippen LogP contribution is -2.26. The van der Waals surface area contributed by atoms with Crippen molar-refractivity contribution in [3.05, 3.63) is 75.6 Å². The number of aromatic amines is 1. The number of amides is 1. The number of aromatic nitrogens is 3. The summed E-state index contributed by atoms with van der Waals surface area (Å²) in [6.07, 6.45) is 0. The molecule has 0 spiro atoms. The van der Waals surface area contributed by atoms with Crippen LogP contribution in [0.1, 0.15) is 6.92 Å². The Morgan fingerprint density at radius 2 is 1.61 bits per heavy atom. The highest BCUT2D eigenvalue weighted by molar-refractivity contribution is 5.88. The number of benzene rings is 2. The first-order chi connectivity index (χ1) is 11.1. The Hall–Kier alpha value is -3.35. The fourth-order valence-electron chi connectivity index (χ4n) is 2.26. The molecule has 2 aromatic carbocycles. The molecule has 1 amide bonds. The van der Waals surface area contributed by atoms with E-state index in [0.717, 1.165) is 4.57 Å². The minimum atomic E-state index is -0.536. The number of nitrogens with one attached hydrogen (secondary N) is 2. The standard InChI is InChI=1S/C16H14N4O3/c1-11(21)17-12-7-9-13(10-8-12)19-15(22)18-20(16(19)23)14-5-3-2-4-6-14/h2-10H,1H3,(H,17,21)(H,18,22). The number of anilines is 1. The summed E-state index contributed by atoms with van der Waals surface area (Å²) in [5.74, 6) is -0.192. The van der Waals surface area contributed by atoms with Crippen LogP contribution in [0.3, 0.4) is 0 Å². The second-order valence-electron chi connectivity index (χ2n) is 4.93. The molecular formula is C16H14N4O3. The monoisotopic (exact) mass is 310 g/mol. The Labute approximate surface area is 130 Å². The molecule has 116 valence electrons. The molecular weight excluding hydrogens is 296 g/mol. The Morgan fingerprint density at radius 1 is 0.957 bits per heavy atom. The van der Waals surface area contributed by atoms with Crippen molar-refractivity contribution < 1.29 is 4.79 Å². The van der Waals surface area contributed by atoms with Gasteiger partial charge < -0.3 is 5.32 Å². The molecule has 0 unspecified atom stereocenters. The molecule has 0 bridgehead atoms. The van der Waals surface area contributed by atoms with E-state index in [1.54, 1.807) is 48.5 Å². The smallest absolute Gasteiger partial charge is 0.326 e. The number of carbonyl (C=O) groups is 1. The predicted molar refractivity (Wildman–Crippen MR) is 86.3 cm³/mol. The third-order valence-corrected chi connectivity index (χ3v) is 3.25. The van der Waals surface area contributed by atoms with E-state index in [1.807, 2.05) is 6.07 Å². The van der Waals surface area contributed by atoms with Crippen LogP contribution in [0.25, 0.3) is 11.4 Å². The zero-order valence-electron chi connectivity index (χ0n) is 12.3. The molecule has 3 aromatic rings. The lowest BCUT2D eigenvalue weighted by Gasteiger charge is -2.04. The quantitative estimate of drug-likeness (QED) is 0.763. The molecule has 7 nitrogen and oxygen atoms in total. The van der Waals surface area contributed by atoms with Gasteiger partial charge in [0.15, 0.2) is 0 Å². The van der Waals surface area contributed by atoms with Crippen LogP contribution in [0.15, 0.2) is 64.2 Å². The van der Waals surface area contributed by atoms with Crippen molar-refractivity contribution in [2.75, 3.05) is 5.32 Å². The van der Waals surface area contributed by atoms with Gasteiger partial charge in [-0.2, -0.15) is 0 Å². The van der Waals surface area contributed by atoms with E-state index < -0.39 is 11.4 Å². The molecule has 7 heteroatoms. The van der Waals surface area contributed by atoms with Crippen LogP contribution in [-0.4, -0.2) is 20.3 Å². The maximum atomic E-state index is 12.5. The van der Waals surface area contributed by atoms with Crippen LogP contribution in [0.5, 0.6) is 0 Å². The van der Waals surface area contributed by atoms with E-state index in [-0.39, 0.29) is 5.91 Å². The Balaban J connectivity index is 2.04. The maximum Gasteiger partial charge on any atom is 0.356 e. The van der Waals surface area contributed by atoms with Gasteiger partial charge in [0.25, 0.3) is 0 Å². The van der Waals surface area contributed by atoms with E-state index in [4.69, 9.17) is 0 Å². The molecule has 0 aliphatic rings. The molecule has 0 saturated carbocycles. The van der Waals surface area contributed by atoms with Crippen LogP contribution in [0, 0.1) is 0 Å². The number of nitrogens with zero attached hydrogens (tertiary/aromatic N) is 2. The topological polar surface area (TPSA) is 88.9 Å². The molecule has 23 heavy (non-hydrogen) atoms. The first-order valence-corrected chi connectivity index (χ1v) is 6.94. The summed E-state index contributed by atoms with van der Waals surface area (Å²) < 4.78 is 2.22. The normalized spacial score (nSPS) is 10.5. The minimum absolute atomic E-state index is 0.192. The summed E-state index contributed by atoms with van der Waals surface area (Å²) >= 11 is 0. The van der Waals surface area contributed by atoms with Gasteiger partial charge in [-0.25, -0.2) is 23.9 Å².